The van der Waals surface area contributed by atoms with Gasteiger partial charge in [0.15, 0.2) is 6.61 Å². The van der Waals surface area contributed by atoms with Gasteiger partial charge in [-0.05, 0) is 25.1 Å². The van der Waals surface area contributed by atoms with Crippen molar-refractivity contribution >= 4 is 5.91 Å². The third-order valence-electron chi connectivity index (χ3n) is 5.42. The van der Waals surface area contributed by atoms with Crippen LogP contribution in [0.4, 0.5) is 0 Å². The first-order chi connectivity index (χ1) is 13.2. The maximum absolute atomic E-state index is 12.5. The molecule has 0 aliphatic carbocycles. The van der Waals surface area contributed by atoms with Gasteiger partial charge in [0.05, 0.1) is 6.61 Å². The molecule has 5 nitrogen and oxygen atoms in total. The number of piperazine rings is 1. The monoisotopic (exact) mass is 366 g/mol. The minimum absolute atomic E-state index is 0.0580. The molecule has 0 saturated carbocycles. The smallest absolute Gasteiger partial charge is 0.260 e. The van der Waals surface area contributed by atoms with Crippen LogP contribution in [0.5, 0.6) is 11.5 Å². The highest BCUT2D eigenvalue weighted by Gasteiger charge is 2.30. The minimum Gasteiger partial charge on any atom is -0.493 e. The number of amides is 1. The van der Waals surface area contributed by atoms with E-state index in [0.29, 0.717) is 6.04 Å². The number of nitrogens with zero attached hydrogens (tertiary/aromatic N) is 2. The fourth-order valence-electron chi connectivity index (χ4n) is 3.86. The molecule has 2 aromatic carbocycles. The molecular formula is C22H26N2O3. The molecule has 0 bridgehead atoms. The molecule has 1 saturated heterocycles. The summed E-state index contributed by atoms with van der Waals surface area (Å²) in [6, 6.07) is 16.5. The van der Waals surface area contributed by atoms with Crippen LogP contribution in [0, 0.1) is 6.92 Å². The Kier molecular flexibility index (Phi) is 5.30. The average molecular weight is 366 g/mol. The Balaban J connectivity index is 1.30. The molecule has 27 heavy (non-hydrogen) atoms. The summed E-state index contributed by atoms with van der Waals surface area (Å²) in [5.41, 5.74) is 2.45. The Morgan fingerprint density at radius 3 is 2.59 bits per heavy atom. The molecule has 0 spiro atoms. The van der Waals surface area contributed by atoms with Gasteiger partial charge >= 0.3 is 0 Å². The summed E-state index contributed by atoms with van der Waals surface area (Å²) < 4.78 is 11.4. The lowest BCUT2D eigenvalue weighted by molar-refractivity contribution is -0.135. The molecule has 1 amide bonds. The number of aryl methyl sites for hydroxylation is 1. The van der Waals surface area contributed by atoms with E-state index in [4.69, 9.17) is 9.47 Å². The number of hydrogen-bond donors (Lipinski definition) is 0. The fourth-order valence-corrected chi connectivity index (χ4v) is 3.86. The van der Waals surface area contributed by atoms with Gasteiger partial charge in [-0.25, -0.2) is 0 Å². The average Bonchev–Trinajstić information content (AvgIpc) is 2.73. The Morgan fingerprint density at radius 1 is 1.07 bits per heavy atom. The fraction of sp³-hybridized carbons (Fsp3) is 0.409. The van der Waals surface area contributed by atoms with Gasteiger partial charge in [0.25, 0.3) is 5.91 Å². The van der Waals surface area contributed by atoms with E-state index in [1.165, 1.54) is 11.1 Å². The molecule has 1 fully saturated rings. The lowest BCUT2D eigenvalue weighted by Gasteiger charge is -2.41. The SMILES string of the molecule is Cc1ccc(OCC(=O)N2CCN(C3CCOc4ccccc43)CC2)cc1. The highest BCUT2D eigenvalue weighted by atomic mass is 16.5. The summed E-state index contributed by atoms with van der Waals surface area (Å²) in [6.45, 7) is 6.15. The van der Waals surface area contributed by atoms with E-state index in [9.17, 15) is 4.79 Å². The first-order valence-electron chi connectivity index (χ1n) is 9.64. The third-order valence-corrected chi connectivity index (χ3v) is 5.42. The van der Waals surface area contributed by atoms with Gasteiger partial charge in [-0.1, -0.05) is 35.9 Å². The maximum Gasteiger partial charge on any atom is 0.260 e. The molecule has 0 N–H and O–H groups in total. The molecular weight excluding hydrogens is 340 g/mol. The summed E-state index contributed by atoms with van der Waals surface area (Å²) in [5, 5.41) is 0. The van der Waals surface area contributed by atoms with Crippen molar-refractivity contribution in [3.05, 3.63) is 59.7 Å². The topological polar surface area (TPSA) is 42.0 Å². The van der Waals surface area contributed by atoms with Crippen molar-refractivity contribution in [2.45, 2.75) is 19.4 Å². The highest BCUT2D eigenvalue weighted by Crippen LogP contribution is 2.36. The van der Waals surface area contributed by atoms with E-state index >= 15 is 0 Å². The zero-order valence-corrected chi connectivity index (χ0v) is 15.8. The Bertz CT molecular complexity index is 782. The summed E-state index contributed by atoms with van der Waals surface area (Å²) >= 11 is 0. The lowest BCUT2D eigenvalue weighted by Crippen LogP contribution is -2.51. The zero-order chi connectivity index (χ0) is 18.6. The zero-order valence-electron chi connectivity index (χ0n) is 15.8. The summed E-state index contributed by atoms with van der Waals surface area (Å²) in [5.74, 6) is 1.80. The molecule has 1 unspecified atom stereocenters. The number of para-hydroxylation sites is 1. The van der Waals surface area contributed by atoms with Crippen molar-refractivity contribution < 1.29 is 14.3 Å². The van der Waals surface area contributed by atoms with Crippen LogP contribution >= 0.6 is 0 Å². The second-order valence-corrected chi connectivity index (χ2v) is 7.21. The van der Waals surface area contributed by atoms with E-state index in [0.717, 1.165) is 50.7 Å². The molecule has 4 rings (SSSR count). The maximum atomic E-state index is 12.5. The quantitative estimate of drug-likeness (QED) is 0.834. The minimum atomic E-state index is 0.0580. The van der Waals surface area contributed by atoms with Gasteiger partial charge in [-0.2, -0.15) is 0 Å². The standard InChI is InChI=1S/C22H26N2O3/c1-17-6-8-18(9-7-17)27-16-22(25)24-13-11-23(12-14-24)20-10-15-26-21-5-3-2-4-19(20)21/h2-9,20H,10-16H2,1H3. The largest absolute Gasteiger partial charge is 0.493 e. The second-order valence-electron chi connectivity index (χ2n) is 7.21. The highest BCUT2D eigenvalue weighted by molar-refractivity contribution is 5.77. The number of carbonyl (C=O) groups excluding carboxylic acids is 1. The van der Waals surface area contributed by atoms with Gasteiger partial charge in [0, 0.05) is 44.2 Å². The molecule has 2 heterocycles. The first-order valence-corrected chi connectivity index (χ1v) is 9.64. The molecule has 2 aliphatic rings. The van der Waals surface area contributed by atoms with Crippen molar-refractivity contribution in [3.8, 4) is 11.5 Å². The summed E-state index contributed by atoms with van der Waals surface area (Å²) in [4.78, 5) is 16.9. The molecule has 2 aliphatic heterocycles. The number of carbonyl (C=O) groups is 1. The van der Waals surface area contributed by atoms with Gasteiger partial charge in [-0.15, -0.1) is 0 Å². The van der Waals surface area contributed by atoms with Gasteiger partial charge < -0.3 is 14.4 Å². The van der Waals surface area contributed by atoms with Crippen molar-refractivity contribution in [1.29, 1.82) is 0 Å². The predicted octanol–water partition coefficient (Wildman–Crippen LogP) is 3.04. The van der Waals surface area contributed by atoms with Gasteiger partial charge in [0.2, 0.25) is 0 Å². The van der Waals surface area contributed by atoms with Crippen LogP contribution in [0.1, 0.15) is 23.6 Å². The molecule has 142 valence electrons. The van der Waals surface area contributed by atoms with Gasteiger partial charge in [-0.3, -0.25) is 9.69 Å². The molecule has 1 atom stereocenters. The van der Waals surface area contributed by atoms with Crippen LogP contribution in [-0.2, 0) is 4.79 Å². The Hall–Kier alpha value is -2.53. The van der Waals surface area contributed by atoms with Crippen LogP contribution in [0.15, 0.2) is 48.5 Å². The van der Waals surface area contributed by atoms with E-state index < -0.39 is 0 Å². The van der Waals surface area contributed by atoms with E-state index in [1.807, 2.05) is 48.2 Å². The first kappa shape index (κ1) is 17.9. The van der Waals surface area contributed by atoms with Crippen LogP contribution < -0.4 is 9.47 Å². The molecule has 2 aromatic rings. The second kappa shape index (κ2) is 8.01. The van der Waals surface area contributed by atoms with Crippen molar-refractivity contribution in [3.63, 3.8) is 0 Å². The third kappa shape index (κ3) is 4.08. The molecule has 5 heteroatoms. The normalized spacial score (nSPS) is 19.9. The Labute approximate surface area is 160 Å². The molecule has 0 aromatic heterocycles. The van der Waals surface area contributed by atoms with Crippen LogP contribution in [0.2, 0.25) is 0 Å². The van der Waals surface area contributed by atoms with Crippen molar-refractivity contribution in [1.82, 2.24) is 9.80 Å². The number of ether oxygens (including phenoxy) is 2. The van der Waals surface area contributed by atoms with Crippen molar-refractivity contribution in [2.75, 3.05) is 39.4 Å². The summed E-state index contributed by atoms with van der Waals surface area (Å²) in [6.07, 6.45) is 1.00. The Morgan fingerprint density at radius 2 is 1.81 bits per heavy atom. The predicted molar refractivity (Wildman–Crippen MR) is 104 cm³/mol. The molecule has 0 radical (unpaired) electrons. The number of benzene rings is 2. The number of rotatable bonds is 4. The number of hydrogen-bond acceptors (Lipinski definition) is 4. The van der Waals surface area contributed by atoms with Gasteiger partial charge in [0.1, 0.15) is 11.5 Å². The van der Waals surface area contributed by atoms with Crippen LogP contribution in [0.3, 0.4) is 0 Å². The van der Waals surface area contributed by atoms with E-state index in [1.54, 1.807) is 0 Å². The van der Waals surface area contributed by atoms with E-state index in [2.05, 4.69) is 17.0 Å². The van der Waals surface area contributed by atoms with Crippen molar-refractivity contribution in [2.24, 2.45) is 0 Å². The number of fused-ring (bicyclic) bond motifs is 1. The lowest BCUT2D eigenvalue weighted by atomic mass is 9.98. The summed E-state index contributed by atoms with van der Waals surface area (Å²) in [7, 11) is 0. The van der Waals surface area contributed by atoms with E-state index in [-0.39, 0.29) is 12.5 Å². The van der Waals surface area contributed by atoms with Crippen LogP contribution in [0.25, 0.3) is 0 Å². The van der Waals surface area contributed by atoms with Crippen LogP contribution in [-0.4, -0.2) is 55.1 Å².